The second kappa shape index (κ2) is 16.8. The van der Waals surface area contributed by atoms with E-state index in [1.807, 2.05) is 56.0 Å². The number of benzene rings is 3. The van der Waals surface area contributed by atoms with Crippen molar-refractivity contribution in [2.24, 2.45) is 0 Å². The minimum absolute atomic E-state index is 0.119. The Morgan fingerprint density at radius 1 is 0.898 bits per heavy atom. The molecule has 5 rings (SSSR count). The van der Waals surface area contributed by atoms with Gasteiger partial charge in [-0.15, -0.1) is 24.9 Å². The summed E-state index contributed by atoms with van der Waals surface area (Å²) in [7, 11) is 0. The molecule has 0 aliphatic carbocycles. The molecular weight excluding hydrogens is 629 g/mol. The minimum Gasteiger partial charge on any atom is -0.459 e. The SMILES string of the molecule is C=CCN(CC=C)c1ncnc(N2CCC(NC(CSC(c3ccccc3)(c3ccccc3)c3ccccc3)C(=O)OC(C)(C)C)CC2)n1. The smallest absolute Gasteiger partial charge is 0.324 e. The Labute approximate surface area is 295 Å². The van der Waals surface area contributed by atoms with Gasteiger partial charge in [0.05, 0.1) is 4.75 Å². The standard InChI is InChI=1S/C40H48N6O2S/c1-6-25-45(26-7-2)37-41-30-42-38(44-37)46-27-23-34(24-28-46)43-35(36(47)48-39(3,4)5)29-49-40(31-17-11-8-12-18-31,32-19-13-9-14-20-32)33-21-15-10-16-22-33/h6-22,30,34-35,43H,1-2,23-29H2,3-5H3. The van der Waals surface area contributed by atoms with E-state index in [-0.39, 0.29) is 12.0 Å². The predicted molar refractivity (Wildman–Crippen MR) is 202 cm³/mol. The van der Waals surface area contributed by atoms with E-state index in [2.05, 4.69) is 106 Å². The molecule has 0 spiro atoms. The van der Waals surface area contributed by atoms with Crippen LogP contribution in [0, 0.1) is 0 Å². The van der Waals surface area contributed by atoms with Gasteiger partial charge in [0.1, 0.15) is 18.0 Å². The third-order valence-corrected chi connectivity index (χ3v) is 10.1. The molecule has 0 amide bonds. The average Bonchev–Trinajstić information content (AvgIpc) is 3.12. The van der Waals surface area contributed by atoms with Crippen LogP contribution in [0.1, 0.15) is 50.3 Å². The van der Waals surface area contributed by atoms with E-state index in [0.29, 0.717) is 30.7 Å². The fourth-order valence-electron chi connectivity index (χ4n) is 6.20. The van der Waals surface area contributed by atoms with Gasteiger partial charge in [-0.3, -0.25) is 4.79 Å². The van der Waals surface area contributed by atoms with Crippen LogP contribution < -0.4 is 15.1 Å². The summed E-state index contributed by atoms with van der Waals surface area (Å²) < 4.78 is 5.47. The van der Waals surface area contributed by atoms with Gasteiger partial charge >= 0.3 is 5.97 Å². The Kier molecular flexibility index (Phi) is 12.3. The first kappa shape index (κ1) is 35.8. The van der Waals surface area contributed by atoms with Crippen molar-refractivity contribution in [1.82, 2.24) is 20.3 Å². The van der Waals surface area contributed by atoms with Gasteiger partial charge in [-0.05, 0) is 50.3 Å². The molecule has 0 bridgehead atoms. The largest absolute Gasteiger partial charge is 0.459 e. The zero-order valence-electron chi connectivity index (χ0n) is 28.9. The molecule has 4 aromatic rings. The van der Waals surface area contributed by atoms with Crippen molar-refractivity contribution in [3.05, 3.63) is 139 Å². The number of carbonyl (C=O) groups excluding carboxylic acids is 1. The summed E-state index contributed by atoms with van der Waals surface area (Å²) in [6, 6.07) is 31.3. The van der Waals surface area contributed by atoms with E-state index >= 15 is 0 Å². The lowest BCUT2D eigenvalue weighted by atomic mass is 9.84. The van der Waals surface area contributed by atoms with Crippen molar-refractivity contribution in [3.8, 4) is 0 Å². The number of nitrogens with zero attached hydrogens (tertiary/aromatic N) is 5. The van der Waals surface area contributed by atoms with Crippen LogP contribution in [0.2, 0.25) is 0 Å². The highest BCUT2D eigenvalue weighted by atomic mass is 32.2. The van der Waals surface area contributed by atoms with E-state index in [9.17, 15) is 4.79 Å². The lowest BCUT2D eigenvalue weighted by Gasteiger charge is -2.38. The van der Waals surface area contributed by atoms with E-state index in [1.54, 1.807) is 18.1 Å². The number of hydrogen-bond donors (Lipinski definition) is 1. The maximum atomic E-state index is 13.9. The quantitative estimate of drug-likeness (QED) is 0.0810. The van der Waals surface area contributed by atoms with Gasteiger partial charge in [-0.2, -0.15) is 4.98 Å². The number of carbonyl (C=O) groups is 1. The minimum atomic E-state index is -0.609. The first-order chi connectivity index (χ1) is 23.7. The lowest BCUT2D eigenvalue weighted by molar-refractivity contribution is -0.157. The Hall–Kier alpha value is -4.47. The number of piperidine rings is 1. The number of ether oxygens (including phenoxy) is 1. The third-order valence-electron chi connectivity index (χ3n) is 8.44. The summed E-state index contributed by atoms with van der Waals surface area (Å²) in [5, 5.41) is 3.73. The van der Waals surface area contributed by atoms with Gasteiger partial charge in [0, 0.05) is 38.0 Å². The zero-order valence-corrected chi connectivity index (χ0v) is 29.7. The molecule has 1 saturated heterocycles. The number of esters is 1. The molecule has 1 unspecified atom stereocenters. The van der Waals surface area contributed by atoms with Crippen molar-refractivity contribution in [3.63, 3.8) is 0 Å². The molecule has 1 N–H and O–H groups in total. The molecule has 9 heteroatoms. The van der Waals surface area contributed by atoms with Crippen molar-refractivity contribution in [1.29, 1.82) is 0 Å². The topological polar surface area (TPSA) is 83.5 Å². The monoisotopic (exact) mass is 676 g/mol. The number of aromatic nitrogens is 3. The Morgan fingerprint density at radius 3 is 1.88 bits per heavy atom. The summed E-state index contributed by atoms with van der Waals surface area (Å²) in [5.74, 6) is 1.52. The Balaban J connectivity index is 1.38. The molecule has 1 aliphatic heterocycles. The number of rotatable bonds is 15. The van der Waals surface area contributed by atoms with Crippen LogP contribution in [0.25, 0.3) is 0 Å². The molecule has 256 valence electrons. The van der Waals surface area contributed by atoms with Crippen LogP contribution in [0.4, 0.5) is 11.9 Å². The molecule has 1 aliphatic rings. The molecule has 1 atom stereocenters. The normalized spacial score (nSPS) is 14.6. The van der Waals surface area contributed by atoms with Crippen molar-refractivity contribution in [2.45, 2.75) is 56.0 Å². The van der Waals surface area contributed by atoms with E-state index < -0.39 is 16.4 Å². The molecule has 49 heavy (non-hydrogen) atoms. The number of anilines is 2. The van der Waals surface area contributed by atoms with E-state index in [1.165, 1.54) is 0 Å². The van der Waals surface area contributed by atoms with Crippen LogP contribution in [-0.4, -0.2) is 70.5 Å². The van der Waals surface area contributed by atoms with Crippen LogP contribution in [0.15, 0.2) is 123 Å². The van der Waals surface area contributed by atoms with E-state index in [4.69, 9.17) is 9.72 Å². The van der Waals surface area contributed by atoms with Gasteiger partial charge in [0.25, 0.3) is 0 Å². The highest BCUT2D eigenvalue weighted by Crippen LogP contribution is 2.48. The van der Waals surface area contributed by atoms with Crippen LogP contribution in [0.5, 0.6) is 0 Å². The van der Waals surface area contributed by atoms with Gasteiger partial charge in [-0.25, -0.2) is 9.97 Å². The Bertz CT molecular complexity index is 1530. The second-order valence-electron chi connectivity index (χ2n) is 13.2. The molecule has 0 saturated carbocycles. The maximum Gasteiger partial charge on any atom is 0.324 e. The fourth-order valence-corrected chi connectivity index (χ4v) is 7.76. The van der Waals surface area contributed by atoms with E-state index in [0.717, 1.165) is 42.6 Å². The highest BCUT2D eigenvalue weighted by Gasteiger charge is 2.39. The summed E-state index contributed by atoms with van der Waals surface area (Å²) >= 11 is 1.77. The fraction of sp³-hybridized carbons (Fsp3) is 0.350. The van der Waals surface area contributed by atoms with Crippen LogP contribution in [0.3, 0.4) is 0 Å². The van der Waals surface area contributed by atoms with Gasteiger partial charge in [0.15, 0.2) is 0 Å². The predicted octanol–water partition coefficient (Wildman–Crippen LogP) is 7.04. The Morgan fingerprint density at radius 2 is 1.41 bits per heavy atom. The number of thioether (sulfide) groups is 1. The molecule has 1 aromatic heterocycles. The average molecular weight is 677 g/mol. The van der Waals surface area contributed by atoms with Crippen molar-refractivity contribution < 1.29 is 9.53 Å². The molecule has 0 radical (unpaired) electrons. The summed E-state index contributed by atoms with van der Waals surface area (Å²) in [6.45, 7) is 16.2. The zero-order chi connectivity index (χ0) is 34.7. The number of hydrogen-bond acceptors (Lipinski definition) is 9. The molecule has 1 fully saturated rings. The maximum absolute atomic E-state index is 13.9. The summed E-state index contributed by atoms with van der Waals surface area (Å²) in [6.07, 6.45) is 6.88. The van der Waals surface area contributed by atoms with Crippen molar-refractivity contribution in [2.75, 3.05) is 41.7 Å². The molecule has 2 heterocycles. The second-order valence-corrected chi connectivity index (χ2v) is 14.4. The van der Waals surface area contributed by atoms with Crippen LogP contribution in [-0.2, 0) is 14.3 Å². The molecule has 3 aromatic carbocycles. The number of nitrogens with one attached hydrogen (secondary N) is 1. The van der Waals surface area contributed by atoms with Gasteiger partial charge < -0.3 is 19.9 Å². The lowest BCUT2D eigenvalue weighted by Crippen LogP contribution is -2.52. The highest BCUT2D eigenvalue weighted by molar-refractivity contribution is 8.00. The molecular formula is C40H48N6O2S. The third kappa shape index (κ3) is 9.16. The first-order valence-electron chi connectivity index (χ1n) is 16.9. The first-order valence-corrected chi connectivity index (χ1v) is 17.9. The van der Waals surface area contributed by atoms with Crippen LogP contribution >= 0.6 is 11.8 Å². The van der Waals surface area contributed by atoms with Gasteiger partial charge in [0.2, 0.25) is 11.9 Å². The summed E-state index contributed by atoms with van der Waals surface area (Å²) in [4.78, 5) is 31.7. The summed E-state index contributed by atoms with van der Waals surface area (Å²) in [5.41, 5.74) is 2.86. The van der Waals surface area contributed by atoms with Crippen molar-refractivity contribution >= 4 is 29.6 Å². The molecule has 8 nitrogen and oxygen atoms in total. The van der Waals surface area contributed by atoms with Gasteiger partial charge in [-0.1, -0.05) is 103 Å².